The van der Waals surface area contributed by atoms with Crippen molar-refractivity contribution in [2.24, 2.45) is 0 Å². The Morgan fingerprint density at radius 3 is 2.44 bits per heavy atom. The lowest BCUT2D eigenvalue weighted by Crippen LogP contribution is -2.60. The van der Waals surface area contributed by atoms with Gasteiger partial charge in [0.15, 0.2) is 6.29 Å². The highest BCUT2D eigenvalue weighted by Crippen LogP contribution is 2.22. The molecule has 1 aromatic carbocycles. The van der Waals surface area contributed by atoms with Gasteiger partial charge in [0, 0.05) is 19.7 Å². The molecule has 1 aromatic rings. The highest BCUT2D eigenvalue weighted by atomic mass is 16.7. The summed E-state index contributed by atoms with van der Waals surface area (Å²) >= 11 is 0. The van der Waals surface area contributed by atoms with Crippen LogP contribution in [0.25, 0.3) is 0 Å². The van der Waals surface area contributed by atoms with Gasteiger partial charge in [-0.2, -0.15) is 0 Å². The van der Waals surface area contributed by atoms with Crippen LogP contribution in [0.15, 0.2) is 24.3 Å². The molecule has 5 atom stereocenters. The van der Waals surface area contributed by atoms with E-state index in [0.29, 0.717) is 19.7 Å². The van der Waals surface area contributed by atoms with E-state index >= 15 is 0 Å². The van der Waals surface area contributed by atoms with Gasteiger partial charge in [0.2, 0.25) is 0 Å². The molecule has 7 heteroatoms. The number of aliphatic hydroxyl groups is 3. The number of unbranched alkanes of at least 4 members (excludes halogenated alkanes) is 1. The number of rotatable bonds is 9. The molecule has 2 rings (SSSR count). The average molecular weight is 355 g/mol. The van der Waals surface area contributed by atoms with Crippen molar-refractivity contribution in [1.82, 2.24) is 5.32 Å². The number of hydrogen-bond donors (Lipinski definition) is 4. The van der Waals surface area contributed by atoms with Crippen LogP contribution < -0.4 is 10.1 Å². The van der Waals surface area contributed by atoms with Crippen LogP contribution >= 0.6 is 0 Å². The fourth-order valence-electron chi connectivity index (χ4n) is 2.67. The van der Waals surface area contributed by atoms with E-state index in [1.54, 1.807) is 7.11 Å². The zero-order chi connectivity index (χ0) is 18.2. The van der Waals surface area contributed by atoms with E-state index in [9.17, 15) is 15.3 Å². The van der Waals surface area contributed by atoms with Crippen LogP contribution in [-0.2, 0) is 16.0 Å². The topological polar surface area (TPSA) is 100 Å². The van der Waals surface area contributed by atoms with Gasteiger partial charge in [-0.1, -0.05) is 25.5 Å². The molecule has 0 aromatic heterocycles. The summed E-state index contributed by atoms with van der Waals surface area (Å²) in [5.41, 5.74) is 1.06. The molecule has 0 bridgehead atoms. The second kappa shape index (κ2) is 10.1. The first-order valence-electron chi connectivity index (χ1n) is 8.71. The highest BCUT2D eigenvalue weighted by molar-refractivity contribution is 5.27. The maximum Gasteiger partial charge on any atom is 0.186 e. The molecule has 4 N–H and O–H groups in total. The molecule has 0 amide bonds. The number of ether oxygens (including phenoxy) is 3. The fourth-order valence-corrected chi connectivity index (χ4v) is 2.67. The second-order valence-electron chi connectivity index (χ2n) is 6.22. The fraction of sp³-hybridized carbons (Fsp3) is 0.667. The van der Waals surface area contributed by atoms with Crippen molar-refractivity contribution in [2.75, 3.05) is 20.3 Å². The summed E-state index contributed by atoms with van der Waals surface area (Å²) in [6, 6.07) is 7.64. The largest absolute Gasteiger partial charge is 0.497 e. The lowest BCUT2D eigenvalue weighted by Gasteiger charge is -2.40. The zero-order valence-corrected chi connectivity index (χ0v) is 14.8. The van der Waals surface area contributed by atoms with Crippen molar-refractivity contribution in [2.45, 2.75) is 57.0 Å². The molecule has 1 aliphatic heterocycles. The summed E-state index contributed by atoms with van der Waals surface area (Å²) in [6.45, 7) is 3.38. The first-order chi connectivity index (χ1) is 12.1. The van der Waals surface area contributed by atoms with Crippen LogP contribution in [0.3, 0.4) is 0 Å². The maximum absolute atomic E-state index is 10.1. The molecule has 1 heterocycles. The van der Waals surface area contributed by atoms with Gasteiger partial charge in [-0.25, -0.2) is 0 Å². The summed E-state index contributed by atoms with van der Waals surface area (Å²) < 4.78 is 16.2. The molecule has 1 fully saturated rings. The standard InChI is InChI=1S/C18H29NO6/c1-3-4-9-24-18-17(22)16(21)15(20)14(25-18)11-19-10-12-5-7-13(23-2)8-6-12/h5-8,14-22H,3-4,9-11H2,1-2H3/t14-,15-,16+,17-,18+/m1/s1. The summed E-state index contributed by atoms with van der Waals surface area (Å²) in [5, 5.41) is 33.3. The monoisotopic (exact) mass is 355 g/mol. The van der Waals surface area contributed by atoms with Crippen LogP contribution in [0.1, 0.15) is 25.3 Å². The SMILES string of the molecule is CCCCO[C@H]1O[C@H](CNCc2ccc(OC)cc2)[C@@H](O)[C@H](O)[C@H]1O. The Bertz CT molecular complexity index is 497. The highest BCUT2D eigenvalue weighted by Gasteiger charge is 2.43. The van der Waals surface area contributed by atoms with Crippen LogP contribution in [-0.4, -0.2) is 66.3 Å². The van der Waals surface area contributed by atoms with Crippen molar-refractivity contribution >= 4 is 0 Å². The summed E-state index contributed by atoms with van der Waals surface area (Å²) in [5.74, 6) is 0.791. The third-order valence-electron chi connectivity index (χ3n) is 4.28. The lowest BCUT2D eigenvalue weighted by atomic mass is 9.98. The van der Waals surface area contributed by atoms with Crippen molar-refractivity contribution in [1.29, 1.82) is 0 Å². The van der Waals surface area contributed by atoms with Crippen molar-refractivity contribution in [3.63, 3.8) is 0 Å². The van der Waals surface area contributed by atoms with Crippen LogP contribution in [0.5, 0.6) is 5.75 Å². The number of nitrogens with one attached hydrogen (secondary N) is 1. The average Bonchev–Trinajstić information content (AvgIpc) is 2.64. The van der Waals surface area contributed by atoms with Crippen LogP contribution in [0, 0.1) is 0 Å². The number of methoxy groups -OCH3 is 1. The molecule has 142 valence electrons. The first kappa shape index (κ1) is 20.1. The van der Waals surface area contributed by atoms with Gasteiger partial charge in [0.05, 0.1) is 7.11 Å². The molecule has 25 heavy (non-hydrogen) atoms. The number of aliphatic hydroxyl groups excluding tert-OH is 3. The van der Waals surface area contributed by atoms with Gasteiger partial charge >= 0.3 is 0 Å². The number of hydrogen-bond acceptors (Lipinski definition) is 7. The van der Waals surface area contributed by atoms with Gasteiger partial charge in [0.1, 0.15) is 30.2 Å². The minimum atomic E-state index is -1.30. The van der Waals surface area contributed by atoms with E-state index in [1.807, 2.05) is 31.2 Å². The minimum absolute atomic E-state index is 0.324. The molecule has 7 nitrogen and oxygen atoms in total. The van der Waals surface area contributed by atoms with Gasteiger partial charge in [-0.15, -0.1) is 0 Å². The molecule has 1 aliphatic rings. The molecule has 0 aliphatic carbocycles. The molecular weight excluding hydrogens is 326 g/mol. The van der Waals surface area contributed by atoms with Crippen molar-refractivity contribution in [3.8, 4) is 5.75 Å². The van der Waals surface area contributed by atoms with E-state index in [1.165, 1.54) is 0 Å². The van der Waals surface area contributed by atoms with Crippen molar-refractivity contribution < 1.29 is 29.5 Å². The maximum atomic E-state index is 10.1. The normalized spacial score (nSPS) is 29.6. The molecular formula is C18H29NO6. The molecule has 1 saturated heterocycles. The Labute approximate surface area is 148 Å². The zero-order valence-electron chi connectivity index (χ0n) is 14.8. The molecule has 0 spiro atoms. The predicted octanol–water partition coefficient (Wildman–Crippen LogP) is 0.409. The Morgan fingerprint density at radius 2 is 1.80 bits per heavy atom. The summed E-state index contributed by atoms with van der Waals surface area (Å²) in [6.07, 6.45) is -3.53. The van der Waals surface area contributed by atoms with Gasteiger partial charge in [0.25, 0.3) is 0 Å². The van der Waals surface area contributed by atoms with E-state index in [4.69, 9.17) is 14.2 Å². The third-order valence-corrected chi connectivity index (χ3v) is 4.28. The van der Waals surface area contributed by atoms with E-state index in [-0.39, 0.29) is 0 Å². The van der Waals surface area contributed by atoms with E-state index in [2.05, 4.69) is 5.32 Å². The summed E-state index contributed by atoms with van der Waals surface area (Å²) in [4.78, 5) is 0. The lowest BCUT2D eigenvalue weighted by molar-refractivity contribution is -0.295. The Kier molecular flexibility index (Phi) is 8.08. The van der Waals surface area contributed by atoms with Gasteiger partial charge in [-0.05, 0) is 24.1 Å². The molecule has 0 radical (unpaired) electrons. The Morgan fingerprint density at radius 1 is 1.08 bits per heavy atom. The van der Waals surface area contributed by atoms with Gasteiger partial charge in [-0.3, -0.25) is 0 Å². The smallest absolute Gasteiger partial charge is 0.186 e. The second-order valence-corrected chi connectivity index (χ2v) is 6.22. The quantitative estimate of drug-likeness (QED) is 0.476. The van der Waals surface area contributed by atoms with E-state index in [0.717, 1.165) is 24.2 Å². The number of benzene rings is 1. The third kappa shape index (κ3) is 5.64. The Hall–Kier alpha value is -1.22. The van der Waals surface area contributed by atoms with Crippen LogP contribution in [0.4, 0.5) is 0 Å². The molecule has 0 unspecified atom stereocenters. The summed E-state index contributed by atoms with van der Waals surface area (Å²) in [7, 11) is 1.62. The van der Waals surface area contributed by atoms with Gasteiger partial charge < -0.3 is 34.8 Å². The predicted molar refractivity (Wildman–Crippen MR) is 92.2 cm³/mol. The first-order valence-corrected chi connectivity index (χ1v) is 8.71. The van der Waals surface area contributed by atoms with Crippen molar-refractivity contribution in [3.05, 3.63) is 29.8 Å². The minimum Gasteiger partial charge on any atom is -0.497 e. The molecule has 0 saturated carbocycles. The Balaban J connectivity index is 1.83. The van der Waals surface area contributed by atoms with E-state index < -0.39 is 30.7 Å². The van der Waals surface area contributed by atoms with Crippen LogP contribution in [0.2, 0.25) is 0 Å².